The molecule has 0 amide bonds. The maximum Gasteiger partial charge on any atom is 0.164 e. The Labute approximate surface area is 123 Å². The Bertz CT molecular complexity index is 556. The quantitative estimate of drug-likeness (QED) is 0.853. The van der Waals surface area contributed by atoms with Crippen LogP contribution in [0.2, 0.25) is 5.02 Å². The van der Waals surface area contributed by atoms with E-state index >= 15 is 0 Å². The van der Waals surface area contributed by atoms with Crippen molar-refractivity contribution >= 4 is 11.6 Å². The highest BCUT2D eigenvalue weighted by Gasteiger charge is 2.08. The van der Waals surface area contributed by atoms with Crippen molar-refractivity contribution in [3.63, 3.8) is 0 Å². The van der Waals surface area contributed by atoms with Crippen molar-refractivity contribution in [2.75, 3.05) is 6.54 Å². The molecule has 0 atom stereocenters. The van der Waals surface area contributed by atoms with Crippen LogP contribution in [0.3, 0.4) is 0 Å². The minimum absolute atomic E-state index is 0.397. The SMILES string of the molecule is CCNCc1cc(Cl)ccc1OCc1ncnn1CC. The van der Waals surface area contributed by atoms with Gasteiger partial charge in [0.15, 0.2) is 5.82 Å². The first-order valence-electron chi connectivity index (χ1n) is 6.73. The molecule has 0 fully saturated rings. The van der Waals surface area contributed by atoms with Crippen molar-refractivity contribution in [2.24, 2.45) is 0 Å². The molecule has 5 nitrogen and oxygen atoms in total. The third-order valence-electron chi connectivity index (χ3n) is 2.94. The summed E-state index contributed by atoms with van der Waals surface area (Å²) in [4.78, 5) is 4.20. The number of hydrogen-bond donors (Lipinski definition) is 1. The van der Waals surface area contributed by atoms with Crippen LogP contribution >= 0.6 is 11.6 Å². The number of aromatic nitrogens is 3. The Hall–Kier alpha value is -1.59. The van der Waals surface area contributed by atoms with Crippen molar-refractivity contribution in [1.82, 2.24) is 20.1 Å². The van der Waals surface area contributed by atoms with Crippen LogP contribution in [0.15, 0.2) is 24.5 Å². The van der Waals surface area contributed by atoms with Crippen LogP contribution in [-0.2, 0) is 19.7 Å². The zero-order valence-electron chi connectivity index (χ0n) is 11.8. The van der Waals surface area contributed by atoms with E-state index in [1.165, 1.54) is 0 Å². The van der Waals surface area contributed by atoms with Crippen molar-refractivity contribution in [3.05, 3.63) is 40.9 Å². The highest BCUT2D eigenvalue weighted by atomic mass is 35.5. The number of benzene rings is 1. The van der Waals surface area contributed by atoms with Crippen LogP contribution in [-0.4, -0.2) is 21.3 Å². The summed E-state index contributed by atoms with van der Waals surface area (Å²) >= 11 is 6.03. The van der Waals surface area contributed by atoms with Crippen molar-refractivity contribution < 1.29 is 4.74 Å². The number of nitrogens with one attached hydrogen (secondary N) is 1. The molecule has 2 aromatic rings. The smallest absolute Gasteiger partial charge is 0.164 e. The average molecular weight is 295 g/mol. The number of hydrogen-bond acceptors (Lipinski definition) is 4. The Morgan fingerprint density at radius 2 is 2.20 bits per heavy atom. The van der Waals surface area contributed by atoms with E-state index in [9.17, 15) is 0 Å². The van der Waals surface area contributed by atoms with Crippen molar-refractivity contribution in [1.29, 1.82) is 0 Å². The molecule has 0 saturated carbocycles. The van der Waals surface area contributed by atoms with Gasteiger partial charge in [-0.25, -0.2) is 9.67 Å². The van der Waals surface area contributed by atoms with Crippen LogP contribution in [0.5, 0.6) is 5.75 Å². The summed E-state index contributed by atoms with van der Waals surface area (Å²) < 4.78 is 7.67. The molecule has 0 spiro atoms. The van der Waals surface area contributed by atoms with Gasteiger partial charge in [-0.15, -0.1) is 0 Å². The molecule has 0 aliphatic heterocycles. The molecule has 1 heterocycles. The van der Waals surface area contributed by atoms with Crippen LogP contribution in [0.1, 0.15) is 25.2 Å². The lowest BCUT2D eigenvalue weighted by Gasteiger charge is -2.12. The molecule has 1 aromatic heterocycles. The van der Waals surface area contributed by atoms with Gasteiger partial charge in [-0.1, -0.05) is 18.5 Å². The van der Waals surface area contributed by atoms with Gasteiger partial charge in [0.05, 0.1) is 0 Å². The van der Waals surface area contributed by atoms with Gasteiger partial charge in [-0.05, 0) is 31.7 Å². The number of nitrogens with zero attached hydrogens (tertiary/aromatic N) is 3. The van der Waals surface area contributed by atoms with E-state index in [2.05, 4.69) is 22.3 Å². The van der Waals surface area contributed by atoms with Gasteiger partial charge in [0.2, 0.25) is 0 Å². The van der Waals surface area contributed by atoms with Gasteiger partial charge in [-0.3, -0.25) is 0 Å². The van der Waals surface area contributed by atoms with E-state index in [0.717, 1.165) is 36.8 Å². The maximum absolute atomic E-state index is 6.03. The van der Waals surface area contributed by atoms with Gasteiger partial charge >= 0.3 is 0 Å². The van der Waals surface area contributed by atoms with Gasteiger partial charge < -0.3 is 10.1 Å². The molecule has 0 aliphatic carbocycles. The normalized spacial score (nSPS) is 10.8. The molecule has 20 heavy (non-hydrogen) atoms. The summed E-state index contributed by atoms with van der Waals surface area (Å²) in [6, 6.07) is 5.64. The number of ether oxygens (including phenoxy) is 1. The van der Waals surface area contributed by atoms with Crippen LogP contribution in [0, 0.1) is 0 Å². The van der Waals surface area contributed by atoms with Crippen molar-refractivity contribution in [3.8, 4) is 5.75 Å². The molecule has 6 heteroatoms. The molecule has 108 valence electrons. The molecule has 1 aromatic carbocycles. The van der Waals surface area contributed by atoms with Gasteiger partial charge in [0.1, 0.15) is 18.7 Å². The predicted octanol–water partition coefficient (Wildman–Crippen LogP) is 2.64. The van der Waals surface area contributed by atoms with Crippen LogP contribution < -0.4 is 10.1 Å². The summed E-state index contributed by atoms with van der Waals surface area (Å²) in [5, 5.41) is 8.11. The molecular formula is C14H19ClN4O. The topological polar surface area (TPSA) is 52.0 Å². The second-order valence-corrected chi connectivity index (χ2v) is 4.75. The standard InChI is InChI=1S/C14H19ClN4O/c1-3-16-8-11-7-12(15)5-6-13(11)20-9-14-17-10-18-19(14)4-2/h5-7,10,16H,3-4,8-9H2,1-2H3. The summed E-state index contributed by atoms with van der Waals surface area (Å²) in [5.74, 6) is 1.64. The van der Waals surface area contributed by atoms with E-state index in [1.807, 2.05) is 29.8 Å². The highest BCUT2D eigenvalue weighted by molar-refractivity contribution is 6.30. The lowest BCUT2D eigenvalue weighted by atomic mass is 10.2. The molecule has 2 rings (SSSR count). The zero-order valence-corrected chi connectivity index (χ0v) is 12.5. The zero-order chi connectivity index (χ0) is 14.4. The third-order valence-corrected chi connectivity index (χ3v) is 3.18. The second kappa shape index (κ2) is 7.26. The third kappa shape index (κ3) is 3.71. The Morgan fingerprint density at radius 3 is 2.95 bits per heavy atom. The van der Waals surface area contributed by atoms with Crippen molar-refractivity contribution in [2.45, 2.75) is 33.5 Å². The maximum atomic E-state index is 6.03. The average Bonchev–Trinajstić information content (AvgIpc) is 2.91. The molecule has 0 unspecified atom stereocenters. The first-order chi connectivity index (χ1) is 9.74. The van der Waals surface area contributed by atoms with E-state index in [1.54, 1.807) is 6.33 Å². The monoisotopic (exact) mass is 294 g/mol. The molecular weight excluding hydrogens is 276 g/mol. The number of rotatable bonds is 7. The summed E-state index contributed by atoms with van der Waals surface area (Å²) in [6.45, 7) is 6.90. The fraction of sp³-hybridized carbons (Fsp3) is 0.429. The minimum Gasteiger partial charge on any atom is -0.485 e. The summed E-state index contributed by atoms with van der Waals surface area (Å²) in [5.41, 5.74) is 1.04. The fourth-order valence-electron chi connectivity index (χ4n) is 1.89. The predicted molar refractivity (Wildman–Crippen MR) is 78.9 cm³/mol. The van der Waals surface area contributed by atoms with Crippen LogP contribution in [0.25, 0.3) is 0 Å². The molecule has 0 radical (unpaired) electrons. The summed E-state index contributed by atoms with van der Waals surface area (Å²) in [7, 11) is 0. The number of aryl methyl sites for hydroxylation is 1. The first-order valence-corrected chi connectivity index (χ1v) is 7.11. The van der Waals surface area contributed by atoms with Crippen LogP contribution in [0.4, 0.5) is 0 Å². The van der Waals surface area contributed by atoms with E-state index in [0.29, 0.717) is 11.6 Å². The summed E-state index contributed by atoms with van der Waals surface area (Å²) in [6.07, 6.45) is 1.55. The second-order valence-electron chi connectivity index (χ2n) is 4.31. The first kappa shape index (κ1) is 14.8. The van der Waals surface area contributed by atoms with Gasteiger partial charge in [-0.2, -0.15) is 5.10 Å². The largest absolute Gasteiger partial charge is 0.485 e. The molecule has 0 saturated heterocycles. The van der Waals surface area contributed by atoms with E-state index in [-0.39, 0.29) is 0 Å². The lowest BCUT2D eigenvalue weighted by Crippen LogP contribution is -2.13. The lowest BCUT2D eigenvalue weighted by molar-refractivity contribution is 0.284. The highest BCUT2D eigenvalue weighted by Crippen LogP contribution is 2.23. The van der Waals surface area contributed by atoms with E-state index < -0.39 is 0 Å². The Morgan fingerprint density at radius 1 is 1.35 bits per heavy atom. The Kier molecular flexibility index (Phi) is 5.38. The van der Waals surface area contributed by atoms with E-state index in [4.69, 9.17) is 16.3 Å². The number of halogens is 1. The minimum atomic E-state index is 0.397. The van der Waals surface area contributed by atoms with Gasteiger partial charge in [0, 0.05) is 23.7 Å². The molecule has 1 N–H and O–H groups in total. The van der Waals surface area contributed by atoms with Gasteiger partial charge in [0.25, 0.3) is 0 Å². The molecule has 0 aliphatic rings. The Balaban J connectivity index is 2.08. The fourth-order valence-corrected chi connectivity index (χ4v) is 2.09. The molecule has 0 bridgehead atoms.